The molecule has 0 unspecified atom stereocenters. The van der Waals surface area contributed by atoms with Gasteiger partial charge in [-0.15, -0.1) is 0 Å². The lowest BCUT2D eigenvalue weighted by molar-refractivity contribution is -0.384. The van der Waals surface area contributed by atoms with Crippen molar-refractivity contribution in [1.82, 2.24) is 15.1 Å². The van der Waals surface area contributed by atoms with Crippen LogP contribution in [0, 0.1) is 23.0 Å². The SMILES string of the molecule is CC[C@H](C)[C@H](NC(=O)OCC1c2ccccc2-c2ccccc21)C(=O)Oc1cc(C)nn1-c1ccc([N+](=O)[O-])cc1. The Kier molecular flexibility index (Phi) is 7.82. The third kappa shape index (κ3) is 5.67. The van der Waals surface area contributed by atoms with Gasteiger partial charge >= 0.3 is 12.1 Å². The largest absolute Gasteiger partial charge is 0.449 e. The van der Waals surface area contributed by atoms with Crippen LogP contribution < -0.4 is 10.1 Å². The van der Waals surface area contributed by atoms with Gasteiger partial charge in [0.15, 0.2) is 0 Å². The summed E-state index contributed by atoms with van der Waals surface area (Å²) in [6, 6.07) is 22.4. The molecule has 210 valence electrons. The van der Waals surface area contributed by atoms with Crippen LogP contribution in [0.15, 0.2) is 78.9 Å². The third-order valence-corrected chi connectivity index (χ3v) is 7.39. The Balaban J connectivity index is 1.29. The van der Waals surface area contributed by atoms with Crippen molar-refractivity contribution in [2.75, 3.05) is 6.61 Å². The molecule has 1 heterocycles. The number of nitrogens with one attached hydrogen (secondary N) is 1. The van der Waals surface area contributed by atoms with E-state index >= 15 is 0 Å². The average molecular weight is 555 g/mol. The van der Waals surface area contributed by atoms with Crippen molar-refractivity contribution in [1.29, 1.82) is 0 Å². The number of nitrogens with zero attached hydrogens (tertiary/aromatic N) is 3. The maximum absolute atomic E-state index is 13.3. The van der Waals surface area contributed by atoms with Crippen molar-refractivity contribution in [3.63, 3.8) is 0 Å². The minimum Gasteiger partial charge on any atom is -0.449 e. The third-order valence-electron chi connectivity index (χ3n) is 7.39. The van der Waals surface area contributed by atoms with Crippen molar-refractivity contribution >= 4 is 17.7 Å². The Morgan fingerprint density at radius 3 is 2.22 bits per heavy atom. The Hall–Kier alpha value is -4.99. The fraction of sp³-hybridized carbons (Fsp3) is 0.258. The second kappa shape index (κ2) is 11.6. The van der Waals surface area contributed by atoms with E-state index in [-0.39, 0.29) is 30.0 Å². The number of alkyl carbamates (subject to hydrolysis) is 1. The molecule has 1 aliphatic carbocycles. The molecule has 1 aliphatic rings. The van der Waals surface area contributed by atoms with Gasteiger partial charge in [0.1, 0.15) is 12.6 Å². The molecule has 4 aromatic rings. The molecule has 0 spiro atoms. The van der Waals surface area contributed by atoms with Gasteiger partial charge in [0, 0.05) is 24.1 Å². The first-order chi connectivity index (χ1) is 19.8. The Bertz CT molecular complexity index is 1550. The number of ether oxygens (including phenoxy) is 2. The van der Waals surface area contributed by atoms with Crippen molar-refractivity contribution in [2.45, 2.75) is 39.2 Å². The number of carbonyl (C=O) groups is 2. The molecule has 0 aliphatic heterocycles. The summed E-state index contributed by atoms with van der Waals surface area (Å²) in [5, 5.41) is 18.1. The van der Waals surface area contributed by atoms with E-state index in [1.807, 2.05) is 50.2 Å². The molecule has 2 atom stereocenters. The average Bonchev–Trinajstić information content (AvgIpc) is 3.51. The first-order valence-electron chi connectivity index (χ1n) is 13.4. The first kappa shape index (κ1) is 27.6. The van der Waals surface area contributed by atoms with Crippen molar-refractivity contribution in [3.8, 4) is 22.7 Å². The van der Waals surface area contributed by atoms with Crippen LogP contribution in [0.25, 0.3) is 16.8 Å². The van der Waals surface area contributed by atoms with E-state index in [0.29, 0.717) is 17.8 Å². The highest BCUT2D eigenvalue weighted by molar-refractivity contribution is 5.83. The van der Waals surface area contributed by atoms with E-state index in [2.05, 4.69) is 22.5 Å². The number of amides is 1. The minimum atomic E-state index is -0.976. The normalized spacial score (nSPS) is 13.5. The number of esters is 1. The van der Waals surface area contributed by atoms with Gasteiger partial charge in [0.2, 0.25) is 5.88 Å². The van der Waals surface area contributed by atoms with E-state index in [9.17, 15) is 19.7 Å². The van der Waals surface area contributed by atoms with E-state index in [1.54, 1.807) is 13.0 Å². The number of non-ortho nitro benzene ring substituents is 1. The zero-order valence-electron chi connectivity index (χ0n) is 22.9. The molecule has 5 rings (SSSR count). The first-order valence-corrected chi connectivity index (χ1v) is 13.4. The van der Waals surface area contributed by atoms with Crippen molar-refractivity contribution in [2.24, 2.45) is 5.92 Å². The molecule has 41 heavy (non-hydrogen) atoms. The van der Waals surface area contributed by atoms with Gasteiger partial charge < -0.3 is 14.8 Å². The van der Waals surface area contributed by atoms with Crippen LogP contribution >= 0.6 is 0 Å². The number of benzene rings is 3. The summed E-state index contributed by atoms with van der Waals surface area (Å²) in [4.78, 5) is 36.9. The number of nitro benzene ring substituents is 1. The standard InChI is InChI=1S/C31H30N4O6/c1-4-19(2)29(30(36)41-28-17-20(3)33-34(28)21-13-15-22(16-14-21)35(38)39)32-31(37)40-18-27-25-11-7-5-9-23(25)24-10-6-8-12-26(24)27/h5-17,19,27,29H,4,18H2,1-3H3,(H,32,37)/t19-,29-/m0/s1. The highest BCUT2D eigenvalue weighted by Gasteiger charge is 2.32. The Morgan fingerprint density at radius 2 is 1.63 bits per heavy atom. The molecule has 1 N–H and O–H groups in total. The summed E-state index contributed by atoms with van der Waals surface area (Å²) in [6.45, 7) is 5.61. The van der Waals surface area contributed by atoms with Gasteiger partial charge in [-0.3, -0.25) is 10.1 Å². The number of hydrogen-bond acceptors (Lipinski definition) is 7. The van der Waals surface area contributed by atoms with Gasteiger partial charge in [-0.05, 0) is 47.2 Å². The lowest BCUT2D eigenvalue weighted by Crippen LogP contribution is -2.47. The zero-order valence-corrected chi connectivity index (χ0v) is 22.9. The van der Waals surface area contributed by atoms with Crippen molar-refractivity contribution in [3.05, 3.63) is 106 Å². The summed E-state index contributed by atoms with van der Waals surface area (Å²) in [5.41, 5.74) is 5.42. The molecular formula is C31H30N4O6. The summed E-state index contributed by atoms with van der Waals surface area (Å²) >= 11 is 0. The van der Waals surface area contributed by atoms with Crippen LogP contribution in [0.3, 0.4) is 0 Å². The van der Waals surface area contributed by atoms with E-state index < -0.39 is 23.0 Å². The summed E-state index contributed by atoms with van der Waals surface area (Å²) in [5.74, 6) is -0.902. The van der Waals surface area contributed by atoms with Crippen molar-refractivity contribution < 1.29 is 24.0 Å². The molecule has 10 heteroatoms. The van der Waals surface area contributed by atoms with Gasteiger partial charge in [0.05, 0.1) is 16.3 Å². The quantitative estimate of drug-likeness (QED) is 0.154. The molecule has 0 saturated carbocycles. The minimum absolute atomic E-state index is 0.0692. The number of aryl methyl sites for hydroxylation is 1. The van der Waals surface area contributed by atoms with Crippen LogP contribution in [0.4, 0.5) is 10.5 Å². The fourth-order valence-corrected chi connectivity index (χ4v) is 5.05. The lowest BCUT2D eigenvalue weighted by atomic mass is 9.98. The Morgan fingerprint density at radius 1 is 1.02 bits per heavy atom. The van der Waals surface area contributed by atoms with Gasteiger partial charge in [-0.25, -0.2) is 14.3 Å². The van der Waals surface area contributed by atoms with E-state index in [0.717, 1.165) is 22.3 Å². The van der Waals surface area contributed by atoms with Crippen LogP contribution in [-0.4, -0.2) is 39.4 Å². The second-order valence-corrected chi connectivity index (χ2v) is 10.1. The molecule has 0 radical (unpaired) electrons. The monoisotopic (exact) mass is 554 g/mol. The molecule has 0 saturated heterocycles. The predicted molar refractivity (Wildman–Crippen MR) is 152 cm³/mol. The highest BCUT2D eigenvalue weighted by Crippen LogP contribution is 2.44. The molecule has 1 aromatic heterocycles. The summed E-state index contributed by atoms with van der Waals surface area (Å²) < 4.78 is 12.8. The number of nitro groups is 1. The second-order valence-electron chi connectivity index (χ2n) is 10.1. The maximum Gasteiger partial charge on any atom is 0.407 e. The zero-order chi connectivity index (χ0) is 29.1. The molecule has 0 fully saturated rings. The molecule has 0 bridgehead atoms. The number of aromatic nitrogens is 2. The molecule has 3 aromatic carbocycles. The summed E-state index contributed by atoms with van der Waals surface area (Å²) in [6.07, 6.45) is -0.112. The maximum atomic E-state index is 13.3. The smallest absolute Gasteiger partial charge is 0.407 e. The molecular weight excluding hydrogens is 524 g/mol. The van der Waals surface area contributed by atoms with E-state index in [4.69, 9.17) is 9.47 Å². The fourth-order valence-electron chi connectivity index (χ4n) is 5.05. The number of rotatable bonds is 9. The Labute approximate surface area is 237 Å². The number of hydrogen-bond donors (Lipinski definition) is 1. The number of carbonyl (C=O) groups excluding carboxylic acids is 2. The summed E-state index contributed by atoms with van der Waals surface area (Å²) in [7, 11) is 0. The highest BCUT2D eigenvalue weighted by atomic mass is 16.6. The van der Waals surface area contributed by atoms with Gasteiger partial charge in [0.25, 0.3) is 5.69 Å². The predicted octanol–water partition coefficient (Wildman–Crippen LogP) is 5.95. The van der Waals surface area contributed by atoms with Crippen LogP contribution in [0.5, 0.6) is 5.88 Å². The lowest BCUT2D eigenvalue weighted by Gasteiger charge is -2.23. The number of fused-ring (bicyclic) bond motifs is 3. The van der Waals surface area contributed by atoms with Crippen LogP contribution in [0.2, 0.25) is 0 Å². The molecule has 10 nitrogen and oxygen atoms in total. The van der Waals surface area contributed by atoms with E-state index in [1.165, 1.54) is 28.9 Å². The van der Waals surface area contributed by atoms with Gasteiger partial charge in [-0.2, -0.15) is 5.10 Å². The van der Waals surface area contributed by atoms with Crippen LogP contribution in [0.1, 0.15) is 43.0 Å². The van der Waals surface area contributed by atoms with Gasteiger partial charge in [-0.1, -0.05) is 68.8 Å². The van der Waals surface area contributed by atoms with Crippen LogP contribution in [-0.2, 0) is 9.53 Å². The molecule has 1 amide bonds. The topological polar surface area (TPSA) is 126 Å².